The molecule has 0 unspecified atom stereocenters. The van der Waals surface area contributed by atoms with Gasteiger partial charge >= 0.3 is 0 Å². The molecule has 0 saturated carbocycles. The summed E-state index contributed by atoms with van der Waals surface area (Å²) >= 11 is 1.55. The van der Waals surface area contributed by atoms with Gasteiger partial charge in [0.05, 0.1) is 18.5 Å². The summed E-state index contributed by atoms with van der Waals surface area (Å²) in [5.74, 6) is 0.633. The molecule has 2 aromatic heterocycles. The maximum Gasteiger partial charge on any atom is 0.253 e. The largest absolute Gasteiger partial charge is 0.383 e. The van der Waals surface area contributed by atoms with Crippen LogP contribution in [0.1, 0.15) is 11.4 Å². The minimum atomic E-state index is 0.175. The molecule has 0 fully saturated rings. The molecule has 0 aromatic carbocycles. The first-order chi connectivity index (χ1) is 9.13. The van der Waals surface area contributed by atoms with E-state index in [0.717, 1.165) is 11.4 Å². The molecular weight excluding hydrogens is 264 g/mol. The van der Waals surface area contributed by atoms with Crippen molar-refractivity contribution in [3.8, 4) is 0 Å². The molecule has 0 radical (unpaired) electrons. The van der Waals surface area contributed by atoms with Gasteiger partial charge in [-0.3, -0.25) is 0 Å². The molecule has 104 valence electrons. The lowest BCUT2D eigenvalue weighted by Crippen LogP contribution is -2.17. The zero-order valence-electron chi connectivity index (χ0n) is 11.6. The third kappa shape index (κ3) is 3.43. The fourth-order valence-electron chi connectivity index (χ4n) is 1.83. The molecule has 2 rings (SSSR count). The lowest BCUT2D eigenvalue weighted by molar-refractivity contribution is 0.144. The first-order valence-corrected chi connectivity index (χ1v) is 6.87. The average molecular weight is 282 g/mol. The number of rotatable bonds is 6. The van der Waals surface area contributed by atoms with Crippen LogP contribution in [0.25, 0.3) is 5.78 Å². The highest BCUT2D eigenvalue weighted by molar-refractivity contribution is 7.99. The lowest BCUT2D eigenvalue weighted by Gasteiger charge is -2.11. The van der Waals surface area contributed by atoms with Gasteiger partial charge in [-0.1, -0.05) is 11.8 Å². The fraction of sp³-hybridized carbons (Fsp3) is 0.583. The summed E-state index contributed by atoms with van der Waals surface area (Å²) in [5.41, 5.74) is 1.97. The van der Waals surface area contributed by atoms with Crippen LogP contribution in [0.2, 0.25) is 0 Å². The highest BCUT2D eigenvalue weighted by Crippen LogP contribution is 2.21. The van der Waals surface area contributed by atoms with Crippen molar-refractivity contribution in [2.75, 3.05) is 27.4 Å². The molecule has 0 aliphatic carbocycles. The number of aryl methyl sites for hydroxylation is 2. The normalized spacial score (nSPS) is 11.6. The molecule has 0 spiro atoms. The van der Waals surface area contributed by atoms with E-state index in [-0.39, 0.29) is 5.25 Å². The monoisotopic (exact) mass is 282 g/mol. The second kappa shape index (κ2) is 6.31. The van der Waals surface area contributed by atoms with Crippen molar-refractivity contribution < 1.29 is 9.47 Å². The summed E-state index contributed by atoms with van der Waals surface area (Å²) in [6, 6.07) is 1.98. The van der Waals surface area contributed by atoms with E-state index in [0.29, 0.717) is 24.1 Å². The SMILES string of the molecule is COCC(COC)Sc1nc2nc(C)cc(C)n2n1. The van der Waals surface area contributed by atoms with E-state index >= 15 is 0 Å². The maximum absolute atomic E-state index is 5.17. The Morgan fingerprint density at radius 2 is 1.89 bits per heavy atom. The summed E-state index contributed by atoms with van der Waals surface area (Å²) in [6.07, 6.45) is 0. The Bertz CT molecular complexity index is 552. The van der Waals surface area contributed by atoms with Gasteiger partial charge in [0.1, 0.15) is 0 Å². The number of methoxy groups -OCH3 is 2. The molecule has 2 heterocycles. The Morgan fingerprint density at radius 1 is 1.21 bits per heavy atom. The highest BCUT2D eigenvalue weighted by atomic mass is 32.2. The molecule has 0 atom stereocenters. The number of aromatic nitrogens is 4. The van der Waals surface area contributed by atoms with E-state index in [1.165, 1.54) is 0 Å². The summed E-state index contributed by atoms with van der Waals surface area (Å²) in [4.78, 5) is 8.80. The van der Waals surface area contributed by atoms with Gasteiger partial charge in [0.25, 0.3) is 5.78 Å². The lowest BCUT2D eigenvalue weighted by atomic mass is 10.4. The third-order valence-electron chi connectivity index (χ3n) is 2.58. The van der Waals surface area contributed by atoms with Crippen LogP contribution in [-0.4, -0.2) is 52.3 Å². The number of hydrogen-bond donors (Lipinski definition) is 0. The average Bonchev–Trinajstić information content (AvgIpc) is 2.72. The van der Waals surface area contributed by atoms with Crippen molar-refractivity contribution in [2.24, 2.45) is 0 Å². The van der Waals surface area contributed by atoms with E-state index in [1.54, 1.807) is 30.5 Å². The van der Waals surface area contributed by atoms with E-state index in [9.17, 15) is 0 Å². The predicted molar refractivity (Wildman–Crippen MR) is 73.7 cm³/mol. The van der Waals surface area contributed by atoms with Gasteiger partial charge < -0.3 is 9.47 Å². The van der Waals surface area contributed by atoms with Gasteiger partial charge in [-0.05, 0) is 19.9 Å². The second-order valence-electron chi connectivity index (χ2n) is 4.30. The zero-order valence-corrected chi connectivity index (χ0v) is 12.4. The van der Waals surface area contributed by atoms with Crippen LogP contribution in [0.5, 0.6) is 0 Å². The minimum absolute atomic E-state index is 0.175. The number of fused-ring (bicyclic) bond motifs is 1. The first-order valence-electron chi connectivity index (χ1n) is 5.99. The third-order valence-corrected chi connectivity index (χ3v) is 3.57. The molecule has 2 aromatic rings. The molecule has 6 nitrogen and oxygen atoms in total. The molecular formula is C12H18N4O2S. The van der Waals surface area contributed by atoms with Gasteiger partial charge in [0.15, 0.2) is 0 Å². The van der Waals surface area contributed by atoms with Crippen LogP contribution in [0.4, 0.5) is 0 Å². The first kappa shape index (κ1) is 14.2. The van der Waals surface area contributed by atoms with Crippen molar-refractivity contribution in [2.45, 2.75) is 24.3 Å². The smallest absolute Gasteiger partial charge is 0.253 e. The van der Waals surface area contributed by atoms with Crippen molar-refractivity contribution in [1.82, 2.24) is 19.6 Å². The van der Waals surface area contributed by atoms with E-state index < -0.39 is 0 Å². The highest BCUT2D eigenvalue weighted by Gasteiger charge is 2.15. The standard InChI is InChI=1S/C12H18N4O2S/c1-8-5-9(2)16-11(13-8)14-12(15-16)19-10(6-17-3)7-18-4/h5,10H,6-7H2,1-4H3. The summed E-state index contributed by atoms with van der Waals surface area (Å²) in [5, 5.41) is 5.32. The van der Waals surface area contributed by atoms with Crippen molar-refractivity contribution >= 4 is 17.5 Å². The number of ether oxygens (including phenoxy) is 2. The molecule has 0 aliphatic heterocycles. The van der Waals surface area contributed by atoms with Gasteiger partial charge in [-0.25, -0.2) is 9.50 Å². The summed E-state index contributed by atoms with van der Waals surface area (Å²) in [7, 11) is 3.35. The van der Waals surface area contributed by atoms with Gasteiger partial charge in [0, 0.05) is 25.6 Å². The summed E-state index contributed by atoms with van der Waals surface area (Å²) in [6.45, 7) is 5.14. The van der Waals surface area contributed by atoms with Crippen LogP contribution in [0.15, 0.2) is 11.2 Å². The topological polar surface area (TPSA) is 61.5 Å². The Labute approximate surface area is 116 Å². The van der Waals surface area contributed by atoms with Crippen LogP contribution >= 0.6 is 11.8 Å². The number of nitrogens with zero attached hydrogens (tertiary/aromatic N) is 4. The minimum Gasteiger partial charge on any atom is -0.383 e. The van der Waals surface area contributed by atoms with Crippen molar-refractivity contribution in [1.29, 1.82) is 0 Å². The van der Waals surface area contributed by atoms with Gasteiger partial charge in [-0.15, -0.1) is 5.10 Å². The van der Waals surface area contributed by atoms with Crippen molar-refractivity contribution in [3.63, 3.8) is 0 Å². The Hall–Kier alpha value is -1.18. The van der Waals surface area contributed by atoms with Gasteiger partial charge in [0.2, 0.25) is 5.16 Å². The maximum atomic E-state index is 5.17. The van der Waals surface area contributed by atoms with Gasteiger partial charge in [-0.2, -0.15) is 4.98 Å². The number of thioether (sulfide) groups is 1. The predicted octanol–water partition coefficient (Wildman–Crippen LogP) is 1.49. The van der Waals surface area contributed by atoms with Crippen LogP contribution in [-0.2, 0) is 9.47 Å². The van der Waals surface area contributed by atoms with E-state index in [4.69, 9.17) is 9.47 Å². The van der Waals surface area contributed by atoms with E-state index in [1.807, 2.05) is 19.9 Å². The molecule has 0 saturated heterocycles. The second-order valence-corrected chi connectivity index (χ2v) is 5.56. The molecule has 0 bridgehead atoms. The van der Waals surface area contributed by atoms with Crippen molar-refractivity contribution in [3.05, 3.63) is 17.5 Å². The molecule has 7 heteroatoms. The Balaban J connectivity index is 2.23. The number of hydrogen-bond acceptors (Lipinski definition) is 6. The van der Waals surface area contributed by atoms with Crippen LogP contribution < -0.4 is 0 Å². The molecule has 0 N–H and O–H groups in total. The molecule has 19 heavy (non-hydrogen) atoms. The fourth-order valence-corrected chi connectivity index (χ4v) is 2.80. The summed E-state index contributed by atoms with van der Waals surface area (Å²) < 4.78 is 12.1. The Morgan fingerprint density at radius 3 is 2.53 bits per heavy atom. The molecule has 0 aliphatic rings. The van der Waals surface area contributed by atoms with Crippen LogP contribution in [0, 0.1) is 13.8 Å². The van der Waals surface area contributed by atoms with E-state index in [2.05, 4.69) is 15.1 Å². The zero-order chi connectivity index (χ0) is 13.8. The quantitative estimate of drug-likeness (QED) is 0.748. The van der Waals surface area contributed by atoms with Crippen LogP contribution in [0.3, 0.4) is 0 Å². The molecule has 0 amide bonds. The Kier molecular flexibility index (Phi) is 4.73.